The van der Waals surface area contributed by atoms with Crippen LogP contribution >= 0.6 is 23.1 Å². The zero-order valence-corrected chi connectivity index (χ0v) is 13.0. The van der Waals surface area contributed by atoms with Crippen LogP contribution in [0.3, 0.4) is 0 Å². The number of thioether (sulfide) groups is 1. The van der Waals surface area contributed by atoms with Crippen LogP contribution in [0.2, 0.25) is 0 Å². The van der Waals surface area contributed by atoms with E-state index in [1.807, 2.05) is 30.3 Å². The summed E-state index contributed by atoms with van der Waals surface area (Å²) in [6, 6.07) is 11.9. The van der Waals surface area contributed by atoms with E-state index in [1.165, 1.54) is 4.70 Å². The fourth-order valence-corrected chi connectivity index (χ4v) is 3.89. The number of fused-ring (bicyclic) bond motifs is 1. The Morgan fingerprint density at radius 3 is 3.00 bits per heavy atom. The summed E-state index contributed by atoms with van der Waals surface area (Å²) < 4.78 is 8.26. The molecule has 4 rings (SSSR count). The number of para-hydroxylation sites is 1. The Morgan fingerprint density at radius 1 is 1.18 bits per heavy atom. The first-order valence-electron chi connectivity index (χ1n) is 6.64. The van der Waals surface area contributed by atoms with E-state index in [9.17, 15) is 0 Å². The van der Waals surface area contributed by atoms with Gasteiger partial charge in [0.2, 0.25) is 5.16 Å². The summed E-state index contributed by atoms with van der Waals surface area (Å²) in [4.78, 5) is 4.62. The van der Waals surface area contributed by atoms with Crippen LogP contribution in [0.4, 0.5) is 0 Å². The van der Waals surface area contributed by atoms with Crippen LogP contribution in [-0.4, -0.2) is 25.2 Å². The van der Waals surface area contributed by atoms with Gasteiger partial charge in [-0.15, -0.1) is 16.4 Å². The van der Waals surface area contributed by atoms with E-state index in [4.69, 9.17) is 4.42 Å². The Balaban J connectivity index is 1.48. The molecular weight excluding hydrogens is 318 g/mol. The molecule has 0 bridgehead atoms. The topological polar surface area (TPSA) is 69.6 Å². The first-order chi connectivity index (χ1) is 10.9. The van der Waals surface area contributed by atoms with E-state index < -0.39 is 0 Å². The van der Waals surface area contributed by atoms with Crippen molar-refractivity contribution in [1.29, 1.82) is 0 Å². The first-order valence-corrected chi connectivity index (χ1v) is 8.44. The molecule has 0 atom stereocenters. The summed E-state index contributed by atoms with van der Waals surface area (Å²) in [7, 11) is 0. The van der Waals surface area contributed by atoms with E-state index in [0.29, 0.717) is 6.54 Å². The fourth-order valence-electron chi connectivity index (χ4n) is 2.06. The van der Waals surface area contributed by atoms with Crippen LogP contribution in [0.1, 0.15) is 10.8 Å². The molecule has 110 valence electrons. The molecule has 0 saturated carbocycles. The van der Waals surface area contributed by atoms with E-state index >= 15 is 0 Å². The van der Waals surface area contributed by atoms with Gasteiger partial charge in [-0.1, -0.05) is 23.9 Å². The average Bonchev–Trinajstić information content (AvgIpc) is 3.26. The number of benzene rings is 1. The third kappa shape index (κ3) is 2.75. The summed E-state index contributed by atoms with van der Waals surface area (Å²) in [6.07, 6.45) is 1.65. The number of hydrogen-bond donors (Lipinski definition) is 0. The van der Waals surface area contributed by atoms with Crippen molar-refractivity contribution < 1.29 is 4.42 Å². The second-order valence-electron chi connectivity index (χ2n) is 4.56. The zero-order valence-electron chi connectivity index (χ0n) is 11.4. The molecule has 3 aromatic heterocycles. The Kier molecular flexibility index (Phi) is 3.61. The summed E-state index contributed by atoms with van der Waals surface area (Å²) in [5.74, 6) is 1.58. The highest BCUT2D eigenvalue weighted by Crippen LogP contribution is 2.27. The minimum atomic E-state index is 0.530. The van der Waals surface area contributed by atoms with E-state index in [2.05, 4.69) is 26.6 Å². The van der Waals surface area contributed by atoms with Crippen LogP contribution < -0.4 is 0 Å². The lowest BCUT2D eigenvalue weighted by Crippen LogP contribution is -2.03. The lowest BCUT2D eigenvalue weighted by Gasteiger charge is -2.00. The fraction of sp³-hybridized carbons (Fsp3) is 0.143. The lowest BCUT2D eigenvalue weighted by molar-refractivity contribution is 0.462. The largest absolute Gasteiger partial charge is 0.467 e. The van der Waals surface area contributed by atoms with Crippen LogP contribution in [0.25, 0.3) is 10.2 Å². The molecule has 0 fully saturated rings. The molecule has 0 aliphatic rings. The molecule has 0 amide bonds. The van der Waals surface area contributed by atoms with Crippen molar-refractivity contribution in [3.8, 4) is 0 Å². The molecule has 0 unspecified atom stereocenters. The maximum Gasteiger partial charge on any atom is 0.210 e. The number of tetrazole rings is 1. The molecule has 3 heterocycles. The van der Waals surface area contributed by atoms with Gasteiger partial charge in [-0.05, 0) is 34.7 Å². The molecule has 0 N–H and O–H groups in total. The van der Waals surface area contributed by atoms with Gasteiger partial charge in [0.05, 0.1) is 22.2 Å². The molecule has 6 nitrogen and oxygen atoms in total. The highest BCUT2D eigenvalue weighted by atomic mass is 32.2. The number of aromatic nitrogens is 5. The second kappa shape index (κ2) is 5.90. The highest BCUT2D eigenvalue weighted by molar-refractivity contribution is 7.98. The van der Waals surface area contributed by atoms with Crippen LogP contribution in [0, 0.1) is 0 Å². The van der Waals surface area contributed by atoms with Crippen LogP contribution in [-0.2, 0) is 12.3 Å². The lowest BCUT2D eigenvalue weighted by atomic mass is 10.3. The zero-order chi connectivity index (χ0) is 14.8. The van der Waals surface area contributed by atoms with Crippen molar-refractivity contribution in [3.05, 3.63) is 53.4 Å². The molecule has 0 spiro atoms. The normalized spacial score (nSPS) is 11.3. The predicted molar refractivity (Wildman–Crippen MR) is 84.8 cm³/mol. The maximum absolute atomic E-state index is 5.33. The van der Waals surface area contributed by atoms with Gasteiger partial charge in [-0.2, -0.15) is 0 Å². The summed E-state index contributed by atoms with van der Waals surface area (Å²) in [5, 5.41) is 13.6. The van der Waals surface area contributed by atoms with Gasteiger partial charge >= 0.3 is 0 Å². The molecule has 0 radical (unpaired) electrons. The molecular formula is C14H11N5OS2. The van der Waals surface area contributed by atoms with Gasteiger partial charge in [0.15, 0.2) is 0 Å². The predicted octanol–water partition coefficient (Wildman–Crippen LogP) is 3.22. The number of hydrogen-bond acceptors (Lipinski definition) is 7. The number of nitrogens with zero attached hydrogens (tertiary/aromatic N) is 5. The van der Waals surface area contributed by atoms with Crippen molar-refractivity contribution in [3.63, 3.8) is 0 Å². The van der Waals surface area contributed by atoms with Gasteiger partial charge < -0.3 is 4.42 Å². The Morgan fingerprint density at radius 2 is 2.14 bits per heavy atom. The number of rotatable bonds is 5. The van der Waals surface area contributed by atoms with E-state index in [0.717, 1.165) is 27.2 Å². The van der Waals surface area contributed by atoms with Crippen molar-refractivity contribution >= 4 is 33.3 Å². The molecule has 22 heavy (non-hydrogen) atoms. The summed E-state index contributed by atoms with van der Waals surface area (Å²) >= 11 is 3.28. The van der Waals surface area contributed by atoms with Gasteiger partial charge in [0.25, 0.3) is 0 Å². The second-order valence-corrected chi connectivity index (χ2v) is 6.62. The summed E-state index contributed by atoms with van der Waals surface area (Å²) in [6.45, 7) is 0.530. The Bertz CT molecular complexity index is 851. The molecule has 0 saturated heterocycles. The minimum Gasteiger partial charge on any atom is -0.467 e. The molecule has 8 heteroatoms. The molecule has 4 aromatic rings. The monoisotopic (exact) mass is 329 g/mol. The maximum atomic E-state index is 5.33. The van der Waals surface area contributed by atoms with E-state index in [-0.39, 0.29) is 0 Å². The first kappa shape index (κ1) is 13.5. The third-order valence-electron chi connectivity index (χ3n) is 3.05. The third-order valence-corrected chi connectivity index (χ3v) is 5.24. The molecule has 0 aliphatic carbocycles. The summed E-state index contributed by atoms with van der Waals surface area (Å²) in [5.41, 5.74) is 1.04. The standard InChI is InChI=1S/C14H11N5OS2/c1-2-6-12-11(5-1)15-13(22-12)9-21-14-16-17-18-19(14)8-10-4-3-7-20-10/h1-7H,8-9H2. The van der Waals surface area contributed by atoms with Crippen molar-refractivity contribution in [2.75, 3.05) is 0 Å². The Labute approximate surface area is 134 Å². The number of thiazole rings is 1. The van der Waals surface area contributed by atoms with Gasteiger partial charge in [0.1, 0.15) is 17.3 Å². The van der Waals surface area contributed by atoms with E-state index in [1.54, 1.807) is 34.0 Å². The minimum absolute atomic E-state index is 0.530. The quantitative estimate of drug-likeness (QED) is 0.524. The average molecular weight is 329 g/mol. The number of furan rings is 1. The van der Waals surface area contributed by atoms with Gasteiger partial charge in [-0.3, -0.25) is 0 Å². The van der Waals surface area contributed by atoms with Gasteiger partial charge in [-0.25, -0.2) is 9.67 Å². The van der Waals surface area contributed by atoms with Crippen LogP contribution in [0.5, 0.6) is 0 Å². The van der Waals surface area contributed by atoms with Crippen molar-refractivity contribution in [1.82, 2.24) is 25.2 Å². The Hall–Kier alpha value is -2.19. The van der Waals surface area contributed by atoms with Crippen molar-refractivity contribution in [2.24, 2.45) is 0 Å². The highest BCUT2D eigenvalue weighted by Gasteiger charge is 2.11. The molecule has 0 aliphatic heterocycles. The van der Waals surface area contributed by atoms with Crippen molar-refractivity contribution in [2.45, 2.75) is 17.5 Å². The SMILES string of the molecule is c1coc(Cn2nnnc2SCc2nc3ccccc3s2)c1. The van der Waals surface area contributed by atoms with Crippen LogP contribution in [0.15, 0.2) is 52.2 Å². The molecule has 1 aromatic carbocycles. The smallest absolute Gasteiger partial charge is 0.210 e. The van der Waals surface area contributed by atoms with Gasteiger partial charge in [0, 0.05) is 0 Å².